The van der Waals surface area contributed by atoms with Gasteiger partial charge in [-0.3, -0.25) is 0 Å². The summed E-state index contributed by atoms with van der Waals surface area (Å²) >= 11 is 0. The SMILES string of the molecule is CC1(C)CCN(c2cc[c]cc2)C1. The molecule has 1 aromatic carbocycles. The molecule has 1 aliphatic rings. The molecular weight excluding hydrogens is 158 g/mol. The predicted octanol–water partition coefficient (Wildman–Crippen LogP) is 2.72. The first-order chi connectivity index (χ1) is 6.17. The van der Waals surface area contributed by atoms with Gasteiger partial charge in [0, 0.05) is 18.8 Å². The highest BCUT2D eigenvalue weighted by molar-refractivity contribution is 5.47. The van der Waals surface area contributed by atoms with E-state index >= 15 is 0 Å². The zero-order valence-electron chi connectivity index (χ0n) is 8.38. The number of benzene rings is 1. The molecule has 1 saturated heterocycles. The van der Waals surface area contributed by atoms with Crippen molar-refractivity contribution in [2.75, 3.05) is 18.0 Å². The molecule has 0 aliphatic carbocycles. The lowest BCUT2D eigenvalue weighted by molar-refractivity contribution is 0.418. The van der Waals surface area contributed by atoms with Crippen LogP contribution in [0.1, 0.15) is 20.3 Å². The monoisotopic (exact) mass is 174 g/mol. The van der Waals surface area contributed by atoms with Crippen molar-refractivity contribution in [3.63, 3.8) is 0 Å². The fourth-order valence-corrected chi connectivity index (χ4v) is 1.92. The first-order valence-corrected chi connectivity index (χ1v) is 4.88. The first kappa shape index (κ1) is 8.61. The summed E-state index contributed by atoms with van der Waals surface area (Å²) in [4.78, 5) is 2.45. The highest BCUT2D eigenvalue weighted by atomic mass is 15.2. The Labute approximate surface area is 80.4 Å². The molecule has 0 unspecified atom stereocenters. The van der Waals surface area contributed by atoms with Crippen LogP contribution < -0.4 is 4.90 Å². The van der Waals surface area contributed by atoms with Crippen LogP contribution in [0.25, 0.3) is 0 Å². The smallest absolute Gasteiger partial charge is 0.0366 e. The van der Waals surface area contributed by atoms with Crippen molar-refractivity contribution >= 4 is 5.69 Å². The molecule has 0 amide bonds. The van der Waals surface area contributed by atoms with Crippen molar-refractivity contribution in [3.05, 3.63) is 30.3 Å². The maximum absolute atomic E-state index is 3.05. The van der Waals surface area contributed by atoms with Crippen LogP contribution in [0.15, 0.2) is 24.3 Å². The Balaban J connectivity index is 2.13. The minimum Gasteiger partial charge on any atom is -0.371 e. The average molecular weight is 174 g/mol. The lowest BCUT2D eigenvalue weighted by Crippen LogP contribution is -2.22. The van der Waals surface area contributed by atoms with Crippen LogP contribution in [0, 0.1) is 11.5 Å². The van der Waals surface area contributed by atoms with Crippen molar-refractivity contribution in [2.24, 2.45) is 5.41 Å². The molecule has 0 bridgehead atoms. The Morgan fingerprint density at radius 3 is 2.54 bits per heavy atom. The topological polar surface area (TPSA) is 3.24 Å². The maximum atomic E-state index is 3.05. The molecule has 1 radical (unpaired) electrons. The van der Waals surface area contributed by atoms with E-state index in [-0.39, 0.29) is 0 Å². The molecule has 69 valence electrons. The van der Waals surface area contributed by atoms with Gasteiger partial charge in [0.25, 0.3) is 0 Å². The Morgan fingerprint density at radius 1 is 1.31 bits per heavy atom. The van der Waals surface area contributed by atoms with Gasteiger partial charge in [-0.1, -0.05) is 26.0 Å². The second kappa shape index (κ2) is 3.06. The molecule has 0 N–H and O–H groups in total. The summed E-state index contributed by atoms with van der Waals surface area (Å²) in [7, 11) is 0. The predicted molar refractivity (Wildman–Crippen MR) is 55.9 cm³/mol. The molecular formula is C12H16N. The second-order valence-corrected chi connectivity index (χ2v) is 4.59. The van der Waals surface area contributed by atoms with E-state index in [4.69, 9.17) is 0 Å². The van der Waals surface area contributed by atoms with Crippen LogP contribution in [0.3, 0.4) is 0 Å². The van der Waals surface area contributed by atoms with Crippen LogP contribution in [-0.4, -0.2) is 13.1 Å². The van der Waals surface area contributed by atoms with E-state index in [9.17, 15) is 0 Å². The van der Waals surface area contributed by atoms with Crippen LogP contribution in [0.2, 0.25) is 0 Å². The minimum atomic E-state index is 0.486. The molecule has 1 fully saturated rings. The third kappa shape index (κ3) is 1.85. The van der Waals surface area contributed by atoms with E-state index < -0.39 is 0 Å². The summed E-state index contributed by atoms with van der Waals surface area (Å²) in [6.45, 7) is 7.04. The first-order valence-electron chi connectivity index (χ1n) is 4.88. The van der Waals surface area contributed by atoms with E-state index in [1.165, 1.54) is 25.2 Å². The van der Waals surface area contributed by atoms with Gasteiger partial charge < -0.3 is 4.90 Å². The zero-order valence-corrected chi connectivity index (χ0v) is 8.38. The molecule has 2 rings (SSSR count). The van der Waals surface area contributed by atoms with E-state index in [2.05, 4.69) is 36.9 Å². The molecule has 1 heterocycles. The van der Waals surface area contributed by atoms with Gasteiger partial charge >= 0.3 is 0 Å². The van der Waals surface area contributed by atoms with Crippen molar-refractivity contribution in [1.29, 1.82) is 0 Å². The van der Waals surface area contributed by atoms with Gasteiger partial charge in [0.15, 0.2) is 0 Å². The van der Waals surface area contributed by atoms with Gasteiger partial charge in [-0.15, -0.1) is 0 Å². The fraction of sp³-hybridized carbons (Fsp3) is 0.500. The molecule has 1 nitrogen and oxygen atoms in total. The molecule has 1 aliphatic heterocycles. The molecule has 13 heavy (non-hydrogen) atoms. The third-order valence-corrected chi connectivity index (χ3v) is 2.74. The minimum absolute atomic E-state index is 0.486. The van der Waals surface area contributed by atoms with Gasteiger partial charge in [0.05, 0.1) is 0 Å². The summed E-state index contributed by atoms with van der Waals surface area (Å²) in [5.41, 5.74) is 1.82. The summed E-state index contributed by atoms with van der Waals surface area (Å²) in [5, 5.41) is 0. The number of hydrogen-bond donors (Lipinski definition) is 0. The van der Waals surface area contributed by atoms with E-state index in [0.29, 0.717) is 5.41 Å². The van der Waals surface area contributed by atoms with Crippen LogP contribution in [0.4, 0.5) is 5.69 Å². The number of hydrogen-bond acceptors (Lipinski definition) is 1. The Bertz CT molecular complexity index is 276. The van der Waals surface area contributed by atoms with Gasteiger partial charge in [-0.25, -0.2) is 0 Å². The van der Waals surface area contributed by atoms with Crippen molar-refractivity contribution < 1.29 is 0 Å². The van der Waals surface area contributed by atoms with Gasteiger partial charge in [-0.2, -0.15) is 0 Å². The third-order valence-electron chi connectivity index (χ3n) is 2.74. The molecule has 0 spiro atoms. The zero-order chi connectivity index (χ0) is 9.31. The lowest BCUT2D eigenvalue weighted by atomic mass is 9.93. The Morgan fingerprint density at radius 2 is 2.00 bits per heavy atom. The van der Waals surface area contributed by atoms with Gasteiger partial charge in [-0.05, 0) is 30.0 Å². The lowest BCUT2D eigenvalue weighted by Gasteiger charge is -2.21. The van der Waals surface area contributed by atoms with Crippen molar-refractivity contribution in [1.82, 2.24) is 0 Å². The summed E-state index contributed by atoms with van der Waals surface area (Å²) in [6, 6.07) is 11.3. The van der Waals surface area contributed by atoms with Crippen LogP contribution in [-0.2, 0) is 0 Å². The molecule has 0 atom stereocenters. The highest BCUT2D eigenvalue weighted by Gasteiger charge is 2.28. The maximum Gasteiger partial charge on any atom is 0.0366 e. The molecule has 1 aromatic rings. The largest absolute Gasteiger partial charge is 0.371 e. The van der Waals surface area contributed by atoms with Crippen molar-refractivity contribution in [3.8, 4) is 0 Å². The van der Waals surface area contributed by atoms with Crippen LogP contribution >= 0.6 is 0 Å². The highest BCUT2D eigenvalue weighted by Crippen LogP contribution is 2.31. The standard InChI is InChI=1S/C12H16N/c1-12(2)8-9-13(10-12)11-6-4-3-5-7-11/h4-7H,8-10H2,1-2H3. The van der Waals surface area contributed by atoms with E-state index in [1.807, 2.05) is 12.1 Å². The summed E-state index contributed by atoms with van der Waals surface area (Å²) in [6.07, 6.45) is 1.30. The Hall–Kier alpha value is -0.980. The summed E-state index contributed by atoms with van der Waals surface area (Å²) in [5.74, 6) is 0. The normalized spacial score (nSPS) is 20.6. The van der Waals surface area contributed by atoms with E-state index in [0.717, 1.165) is 0 Å². The second-order valence-electron chi connectivity index (χ2n) is 4.59. The molecule has 0 aromatic heterocycles. The fourth-order valence-electron chi connectivity index (χ4n) is 1.92. The molecule has 0 saturated carbocycles. The number of rotatable bonds is 1. The van der Waals surface area contributed by atoms with Crippen LogP contribution in [0.5, 0.6) is 0 Å². The summed E-state index contributed by atoms with van der Waals surface area (Å²) < 4.78 is 0. The van der Waals surface area contributed by atoms with Crippen molar-refractivity contribution in [2.45, 2.75) is 20.3 Å². The molecule has 1 heteroatoms. The number of nitrogens with zero attached hydrogens (tertiary/aromatic N) is 1. The van der Waals surface area contributed by atoms with Gasteiger partial charge in [0.2, 0.25) is 0 Å². The van der Waals surface area contributed by atoms with E-state index in [1.54, 1.807) is 0 Å². The number of anilines is 1. The Kier molecular flexibility index (Phi) is 2.03. The van der Waals surface area contributed by atoms with Gasteiger partial charge in [0.1, 0.15) is 0 Å². The quantitative estimate of drug-likeness (QED) is 0.632. The average Bonchev–Trinajstić information content (AvgIpc) is 2.48.